The molecule has 7 nitrogen and oxygen atoms in total. The topological polar surface area (TPSA) is 87.7 Å². The van der Waals surface area contributed by atoms with Crippen LogP contribution in [0.1, 0.15) is 125 Å². The summed E-state index contributed by atoms with van der Waals surface area (Å²) in [6, 6.07) is 6.12. The van der Waals surface area contributed by atoms with E-state index >= 15 is 0 Å². The van der Waals surface area contributed by atoms with Crippen LogP contribution < -0.4 is 10.6 Å². The normalized spacial score (nSPS) is 14.7. The number of nitrogens with zero attached hydrogens (tertiary/aromatic N) is 1. The number of rotatable bonds is 16. The molecule has 1 aromatic rings. The number of hydrogen-bond donors (Lipinski definition) is 2. The van der Waals surface area contributed by atoms with Crippen LogP contribution in [0.25, 0.3) is 0 Å². The molecule has 0 bridgehead atoms. The van der Waals surface area contributed by atoms with Gasteiger partial charge in [0.15, 0.2) is 0 Å². The van der Waals surface area contributed by atoms with Crippen LogP contribution in [0.15, 0.2) is 24.3 Å². The molecule has 40 heavy (non-hydrogen) atoms. The van der Waals surface area contributed by atoms with E-state index in [0.717, 1.165) is 44.1 Å². The number of hydrogen-bond acceptors (Lipinski definition) is 4. The lowest BCUT2D eigenvalue weighted by atomic mass is 9.93. The van der Waals surface area contributed by atoms with Gasteiger partial charge < -0.3 is 20.3 Å². The van der Waals surface area contributed by atoms with Gasteiger partial charge >= 0.3 is 6.09 Å². The first-order chi connectivity index (χ1) is 18.7. The van der Waals surface area contributed by atoms with E-state index in [1.54, 1.807) is 25.7 Å². The third-order valence-corrected chi connectivity index (χ3v) is 7.35. The number of aryl methyl sites for hydroxylation is 1. The number of ether oxygens (including phenoxy) is 1. The summed E-state index contributed by atoms with van der Waals surface area (Å²) in [6.07, 6.45) is 5.57. The van der Waals surface area contributed by atoms with E-state index in [1.807, 2.05) is 45.0 Å². The fourth-order valence-corrected chi connectivity index (χ4v) is 4.65. The van der Waals surface area contributed by atoms with E-state index in [2.05, 4.69) is 38.3 Å². The van der Waals surface area contributed by atoms with Crippen molar-refractivity contribution in [1.82, 2.24) is 15.5 Å². The van der Waals surface area contributed by atoms with Crippen LogP contribution in [0.3, 0.4) is 0 Å². The summed E-state index contributed by atoms with van der Waals surface area (Å²) >= 11 is 0. The molecule has 1 aromatic carbocycles. The van der Waals surface area contributed by atoms with Gasteiger partial charge in [-0.25, -0.2) is 4.79 Å². The average Bonchev–Trinajstić information content (AvgIpc) is 2.89. The SMILES string of the molecule is CCCCCNC(=O)C(c1ccc(CC)cc1)N(C(=O)C(NC(=O)OC(C)(C)C)C(C)CC)C(C)CCC(C)C. The van der Waals surface area contributed by atoms with Gasteiger partial charge in [0.2, 0.25) is 11.8 Å². The molecular formula is C33H57N3O4. The number of benzene rings is 1. The Balaban J connectivity index is 3.61. The molecule has 228 valence electrons. The maximum atomic E-state index is 14.5. The minimum atomic E-state index is -0.827. The highest BCUT2D eigenvalue weighted by molar-refractivity contribution is 5.92. The zero-order valence-electron chi connectivity index (χ0n) is 26.9. The number of carbonyl (C=O) groups excluding carboxylic acids is 3. The van der Waals surface area contributed by atoms with Crippen LogP contribution in [-0.2, 0) is 20.7 Å². The zero-order valence-corrected chi connectivity index (χ0v) is 26.9. The predicted octanol–water partition coefficient (Wildman–Crippen LogP) is 7.19. The van der Waals surface area contributed by atoms with Crippen molar-refractivity contribution in [2.75, 3.05) is 6.54 Å². The lowest BCUT2D eigenvalue weighted by Crippen LogP contribution is -2.57. The maximum absolute atomic E-state index is 14.5. The van der Waals surface area contributed by atoms with Gasteiger partial charge in [-0.3, -0.25) is 9.59 Å². The van der Waals surface area contributed by atoms with Crippen LogP contribution in [0.4, 0.5) is 4.79 Å². The Labute approximate surface area is 244 Å². The first-order valence-electron chi connectivity index (χ1n) is 15.4. The van der Waals surface area contributed by atoms with Gasteiger partial charge in [-0.05, 0) is 76.3 Å². The van der Waals surface area contributed by atoms with Gasteiger partial charge in [-0.1, -0.05) is 85.1 Å². The lowest BCUT2D eigenvalue weighted by molar-refractivity contribution is -0.146. The average molecular weight is 560 g/mol. The molecule has 4 unspecified atom stereocenters. The monoisotopic (exact) mass is 559 g/mol. The summed E-state index contributed by atoms with van der Waals surface area (Å²) in [5.41, 5.74) is 1.25. The molecule has 0 fully saturated rings. The highest BCUT2D eigenvalue weighted by atomic mass is 16.6. The molecule has 0 saturated carbocycles. The standard InChI is InChI=1S/C33H57N3O4/c1-11-14-15-22-34-30(37)29(27-20-18-26(13-3)19-21-27)36(25(7)17-16-23(4)5)31(38)28(24(6)12-2)35-32(39)40-33(8,9)10/h18-21,23-25,28-29H,11-17,22H2,1-10H3,(H,34,37)(H,35,39). The van der Waals surface area contributed by atoms with Crippen molar-refractivity contribution in [1.29, 1.82) is 0 Å². The second-order valence-electron chi connectivity index (χ2n) is 12.6. The smallest absolute Gasteiger partial charge is 0.408 e. The summed E-state index contributed by atoms with van der Waals surface area (Å²) in [5.74, 6) is -0.152. The summed E-state index contributed by atoms with van der Waals surface area (Å²) in [4.78, 5) is 43.0. The summed E-state index contributed by atoms with van der Waals surface area (Å²) < 4.78 is 5.53. The highest BCUT2D eigenvalue weighted by Crippen LogP contribution is 2.29. The molecule has 7 heteroatoms. The minimum Gasteiger partial charge on any atom is -0.444 e. The van der Waals surface area contributed by atoms with Crippen molar-refractivity contribution in [3.8, 4) is 0 Å². The molecule has 0 saturated heterocycles. The van der Waals surface area contributed by atoms with Gasteiger partial charge in [-0.2, -0.15) is 0 Å². The highest BCUT2D eigenvalue weighted by Gasteiger charge is 2.40. The van der Waals surface area contributed by atoms with Gasteiger partial charge in [0.05, 0.1) is 0 Å². The number of alkyl carbamates (subject to hydrolysis) is 1. The molecular weight excluding hydrogens is 502 g/mol. The molecule has 3 amide bonds. The Morgan fingerprint density at radius 3 is 2.05 bits per heavy atom. The third kappa shape index (κ3) is 11.9. The summed E-state index contributed by atoms with van der Waals surface area (Å²) in [5, 5.41) is 5.97. The van der Waals surface area contributed by atoms with Crippen LogP contribution in [-0.4, -0.2) is 47.0 Å². The minimum absolute atomic E-state index is 0.157. The van der Waals surface area contributed by atoms with Crippen molar-refractivity contribution < 1.29 is 19.1 Å². The molecule has 4 atom stereocenters. The Hall–Kier alpha value is -2.57. The second-order valence-corrected chi connectivity index (χ2v) is 12.6. The van der Waals surface area contributed by atoms with Crippen molar-refractivity contribution in [3.05, 3.63) is 35.4 Å². The maximum Gasteiger partial charge on any atom is 0.408 e. The van der Waals surface area contributed by atoms with E-state index < -0.39 is 23.8 Å². The fourth-order valence-electron chi connectivity index (χ4n) is 4.65. The van der Waals surface area contributed by atoms with Gasteiger partial charge in [0.1, 0.15) is 17.7 Å². The third-order valence-electron chi connectivity index (χ3n) is 7.35. The number of unbranched alkanes of at least 4 members (excludes halogenated alkanes) is 2. The Kier molecular flexibility index (Phi) is 15.3. The number of amides is 3. The molecule has 0 aliphatic carbocycles. The van der Waals surface area contributed by atoms with E-state index in [-0.39, 0.29) is 23.8 Å². The molecule has 0 radical (unpaired) electrons. The number of nitrogens with one attached hydrogen (secondary N) is 2. The van der Waals surface area contributed by atoms with Crippen molar-refractivity contribution in [2.24, 2.45) is 11.8 Å². The summed E-state index contributed by atoms with van der Waals surface area (Å²) in [7, 11) is 0. The Morgan fingerprint density at radius 1 is 0.925 bits per heavy atom. The van der Waals surface area contributed by atoms with Gasteiger partial charge in [0, 0.05) is 12.6 Å². The van der Waals surface area contributed by atoms with Crippen molar-refractivity contribution >= 4 is 17.9 Å². The first-order valence-corrected chi connectivity index (χ1v) is 15.4. The summed E-state index contributed by atoms with van der Waals surface area (Å²) in [6.45, 7) is 20.5. The van der Waals surface area contributed by atoms with Crippen LogP contribution in [0.5, 0.6) is 0 Å². The molecule has 0 aliphatic heterocycles. The van der Waals surface area contributed by atoms with Crippen LogP contribution in [0, 0.1) is 11.8 Å². The Morgan fingerprint density at radius 2 is 1.55 bits per heavy atom. The lowest BCUT2D eigenvalue weighted by Gasteiger charge is -2.40. The van der Waals surface area contributed by atoms with Crippen molar-refractivity contribution in [2.45, 2.75) is 138 Å². The van der Waals surface area contributed by atoms with Crippen LogP contribution >= 0.6 is 0 Å². The largest absolute Gasteiger partial charge is 0.444 e. The molecule has 0 aliphatic rings. The first kappa shape index (κ1) is 35.5. The van der Waals surface area contributed by atoms with E-state index in [9.17, 15) is 14.4 Å². The Bertz CT molecular complexity index is 907. The van der Waals surface area contributed by atoms with E-state index in [1.165, 1.54) is 5.56 Å². The zero-order chi connectivity index (χ0) is 30.5. The molecule has 0 aromatic heterocycles. The fraction of sp³-hybridized carbons (Fsp3) is 0.727. The molecule has 1 rings (SSSR count). The quantitative estimate of drug-likeness (QED) is 0.210. The molecule has 0 spiro atoms. The molecule has 0 heterocycles. The predicted molar refractivity (Wildman–Crippen MR) is 164 cm³/mol. The van der Waals surface area contributed by atoms with E-state index in [4.69, 9.17) is 4.74 Å². The van der Waals surface area contributed by atoms with Gasteiger partial charge in [-0.15, -0.1) is 0 Å². The van der Waals surface area contributed by atoms with Gasteiger partial charge in [0.25, 0.3) is 0 Å². The second kappa shape index (κ2) is 17.3. The number of carbonyl (C=O) groups is 3. The molecule has 2 N–H and O–H groups in total. The van der Waals surface area contributed by atoms with Crippen molar-refractivity contribution in [3.63, 3.8) is 0 Å². The van der Waals surface area contributed by atoms with Crippen LogP contribution in [0.2, 0.25) is 0 Å². The van der Waals surface area contributed by atoms with E-state index in [0.29, 0.717) is 18.9 Å².